The molecule has 0 N–H and O–H groups in total. The first-order chi connectivity index (χ1) is 11.8. The van der Waals surface area contributed by atoms with E-state index in [1.165, 1.54) is 5.39 Å². The van der Waals surface area contributed by atoms with Crippen molar-refractivity contribution in [3.63, 3.8) is 0 Å². The predicted octanol–water partition coefficient (Wildman–Crippen LogP) is 5.73. The van der Waals surface area contributed by atoms with Crippen molar-refractivity contribution in [2.75, 3.05) is 13.2 Å². The van der Waals surface area contributed by atoms with Crippen LogP contribution in [-0.2, 0) is 0 Å². The lowest BCUT2D eigenvalue weighted by atomic mass is 10.0. The van der Waals surface area contributed by atoms with E-state index in [0.29, 0.717) is 13.2 Å². The Morgan fingerprint density at radius 2 is 1.46 bits per heavy atom. The third-order valence-electron chi connectivity index (χ3n) is 3.45. The van der Waals surface area contributed by atoms with Crippen LogP contribution in [0.5, 0.6) is 11.5 Å². The standard InChI is InChI=1S/C19H19NO2.C2H6/c1-3-21-16-11-15(12-17(13-16)22-4-2)19-18-8-6-5-7-14(18)9-10-20-19;1-2/h5-13H,3-4H2,1-2H3;1-2H3. The van der Waals surface area contributed by atoms with Gasteiger partial charge in [-0.2, -0.15) is 0 Å². The molecule has 0 aliphatic carbocycles. The second-order valence-electron chi connectivity index (χ2n) is 4.94. The molecule has 0 fully saturated rings. The summed E-state index contributed by atoms with van der Waals surface area (Å²) in [4.78, 5) is 4.57. The van der Waals surface area contributed by atoms with Crippen LogP contribution in [0.15, 0.2) is 54.7 Å². The summed E-state index contributed by atoms with van der Waals surface area (Å²) in [6, 6.07) is 16.2. The van der Waals surface area contributed by atoms with Gasteiger partial charge in [0, 0.05) is 23.2 Å². The Bertz CT molecular complexity index is 754. The summed E-state index contributed by atoms with van der Waals surface area (Å²) in [6.45, 7) is 9.20. The molecule has 0 atom stereocenters. The van der Waals surface area contributed by atoms with Crippen molar-refractivity contribution in [3.8, 4) is 22.8 Å². The Morgan fingerprint density at radius 3 is 2.08 bits per heavy atom. The van der Waals surface area contributed by atoms with Crippen LogP contribution in [0.3, 0.4) is 0 Å². The van der Waals surface area contributed by atoms with E-state index in [9.17, 15) is 0 Å². The minimum Gasteiger partial charge on any atom is -0.494 e. The molecule has 0 radical (unpaired) electrons. The summed E-state index contributed by atoms with van der Waals surface area (Å²) in [5.41, 5.74) is 1.95. The predicted molar refractivity (Wildman–Crippen MR) is 101 cm³/mol. The number of rotatable bonds is 5. The molecule has 0 aliphatic heterocycles. The molecule has 0 aliphatic rings. The van der Waals surface area contributed by atoms with Gasteiger partial charge in [0.25, 0.3) is 0 Å². The average molecular weight is 323 g/mol. The van der Waals surface area contributed by atoms with E-state index in [-0.39, 0.29) is 0 Å². The number of nitrogens with zero attached hydrogens (tertiary/aromatic N) is 1. The third-order valence-corrected chi connectivity index (χ3v) is 3.45. The van der Waals surface area contributed by atoms with Gasteiger partial charge in [-0.05, 0) is 37.4 Å². The van der Waals surface area contributed by atoms with Crippen LogP contribution in [0.4, 0.5) is 0 Å². The Morgan fingerprint density at radius 1 is 0.833 bits per heavy atom. The van der Waals surface area contributed by atoms with Crippen molar-refractivity contribution in [2.24, 2.45) is 0 Å². The van der Waals surface area contributed by atoms with E-state index in [0.717, 1.165) is 28.1 Å². The zero-order valence-electron chi connectivity index (χ0n) is 14.9. The van der Waals surface area contributed by atoms with Crippen LogP contribution in [0.25, 0.3) is 22.0 Å². The average Bonchev–Trinajstić information content (AvgIpc) is 2.63. The molecule has 24 heavy (non-hydrogen) atoms. The summed E-state index contributed by atoms with van der Waals surface area (Å²) in [6.07, 6.45) is 1.84. The van der Waals surface area contributed by atoms with Crippen molar-refractivity contribution >= 4 is 10.8 Å². The van der Waals surface area contributed by atoms with Crippen molar-refractivity contribution < 1.29 is 9.47 Å². The molecule has 0 unspecified atom stereocenters. The highest BCUT2D eigenvalue weighted by Crippen LogP contribution is 2.32. The van der Waals surface area contributed by atoms with Gasteiger partial charge < -0.3 is 9.47 Å². The van der Waals surface area contributed by atoms with Crippen molar-refractivity contribution in [2.45, 2.75) is 27.7 Å². The maximum Gasteiger partial charge on any atom is 0.123 e. The van der Waals surface area contributed by atoms with E-state index >= 15 is 0 Å². The van der Waals surface area contributed by atoms with Crippen LogP contribution in [-0.4, -0.2) is 18.2 Å². The summed E-state index contributed by atoms with van der Waals surface area (Å²) in [5.74, 6) is 1.61. The summed E-state index contributed by atoms with van der Waals surface area (Å²) in [7, 11) is 0. The van der Waals surface area contributed by atoms with Gasteiger partial charge >= 0.3 is 0 Å². The molecule has 0 saturated heterocycles. The molecule has 3 aromatic rings. The highest BCUT2D eigenvalue weighted by atomic mass is 16.5. The molecule has 3 heteroatoms. The van der Waals surface area contributed by atoms with Gasteiger partial charge in [-0.1, -0.05) is 38.1 Å². The zero-order chi connectivity index (χ0) is 17.4. The lowest BCUT2D eigenvalue weighted by Gasteiger charge is -2.12. The number of pyridine rings is 1. The van der Waals surface area contributed by atoms with Gasteiger partial charge in [0.05, 0.1) is 18.9 Å². The van der Waals surface area contributed by atoms with Crippen LogP contribution >= 0.6 is 0 Å². The second kappa shape index (κ2) is 8.92. The van der Waals surface area contributed by atoms with E-state index < -0.39 is 0 Å². The fourth-order valence-electron chi connectivity index (χ4n) is 2.56. The number of hydrogen-bond acceptors (Lipinski definition) is 3. The van der Waals surface area contributed by atoms with Crippen LogP contribution in [0.2, 0.25) is 0 Å². The van der Waals surface area contributed by atoms with Crippen molar-refractivity contribution in [1.29, 1.82) is 0 Å². The fourth-order valence-corrected chi connectivity index (χ4v) is 2.56. The van der Waals surface area contributed by atoms with Crippen LogP contribution in [0, 0.1) is 0 Å². The Balaban J connectivity index is 0.00000100. The van der Waals surface area contributed by atoms with E-state index in [4.69, 9.17) is 9.47 Å². The molecule has 3 rings (SSSR count). The molecule has 0 bridgehead atoms. The third kappa shape index (κ3) is 4.05. The molecule has 0 amide bonds. The van der Waals surface area contributed by atoms with Gasteiger partial charge in [0.2, 0.25) is 0 Å². The first-order valence-electron chi connectivity index (χ1n) is 8.56. The quantitative estimate of drug-likeness (QED) is 0.601. The lowest BCUT2D eigenvalue weighted by molar-refractivity contribution is 0.323. The van der Waals surface area contributed by atoms with Gasteiger partial charge in [0.1, 0.15) is 11.5 Å². The normalized spacial score (nSPS) is 10.0. The second-order valence-corrected chi connectivity index (χ2v) is 4.94. The van der Waals surface area contributed by atoms with Crippen molar-refractivity contribution in [3.05, 3.63) is 54.7 Å². The van der Waals surface area contributed by atoms with Gasteiger partial charge in [0.15, 0.2) is 0 Å². The Labute approximate surface area is 144 Å². The SMILES string of the molecule is CC.CCOc1cc(OCC)cc(-c2nccc3ccccc23)c1. The molecule has 1 aromatic heterocycles. The molecule has 2 aromatic carbocycles. The molecule has 0 spiro atoms. The highest BCUT2D eigenvalue weighted by molar-refractivity contribution is 5.94. The smallest absolute Gasteiger partial charge is 0.123 e. The zero-order valence-corrected chi connectivity index (χ0v) is 14.9. The Kier molecular flexibility index (Phi) is 6.62. The Hall–Kier alpha value is -2.55. The first-order valence-corrected chi connectivity index (χ1v) is 8.56. The van der Waals surface area contributed by atoms with Gasteiger partial charge in [-0.25, -0.2) is 0 Å². The van der Waals surface area contributed by atoms with Crippen molar-refractivity contribution in [1.82, 2.24) is 4.98 Å². The summed E-state index contributed by atoms with van der Waals surface area (Å²) in [5, 5.41) is 2.30. The number of aromatic nitrogens is 1. The minimum absolute atomic E-state index is 0.623. The maximum atomic E-state index is 5.66. The molecular weight excluding hydrogens is 298 g/mol. The molecule has 0 saturated carbocycles. The molecule has 1 heterocycles. The molecule has 3 nitrogen and oxygen atoms in total. The monoisotopic (exact) mass is 323 g/mol. The van der Waals surface area contributed by atoms with E-state index in [1.807, 2.05) is 70.3 Å². The van der Waals surface area contributed by atoms with Crippen LogP contribution < -0.4 is 9.47 Å². The van der Waals surface area contributed by atoms with E-state index in [2.05, 4.69) is 17.1 Å². The van der Waals surface area contributed by atoms with Gasteiger partial charge in [-0.3, -0.25) is 4.98 Å². The topological polar surface area (TPSA) is 31.4 Å². The molecule has 126 valence electrons. The fraction of sp³-hybridized carbons (Fsp3) is 0.286. The first kappa shape index (κ1) is 17.8. The summed E-state index contributed by atoms with van der Waals surface area (Å²) >= 11 is 0. The van der Waals surface area contributed by atoms with E-state index in [1.54, 1.807) is 0 Å². The number of fused-ring (bicyclic) bond motifs is 1. The van der Waals surface area contributed by atoms with Gasteiger partial charge in [-0.15, -0.1) is 0 Å². The number of benzene rings is 2. The minimum atomic E-state index is 0.623. The largest absolute Gasteiger partial charge is 0.494 e. The number of hydrogen-bond donors (Lipinski definition) is 0. The number of ether oxygens (including phenoxy) is 2. The summed E-state index contributed by atoms with van der Waals surface area (Å²) < 4.78 is 11.3. The van der Waals surface area contributed by atoms with Crippen LogP contribution in [0.1, 0.15) is 27.7 Å². The lowest BCUT2D eigenvalue weighted by Crippen LogP contribution is -1.96. The maximum absolute atomic E-state index is 5.66. The molecular formula is C21H25NO2. The highest BCUT2D eigenvalue weighted by Gasteiger charge is 2.09.